The number of hydrogen-bond acceptors (Lipinski definition) is 1. The molecule has 0 radical (unpaired) electrons. The Labute approximate surface area is 115 Å². The standard InChI is InChI=1S/C17H36O/c1-5-9-10-16(8-4)12-14-17(18)13-11-15(6-2)7-3/h15-18H,5-14H2,1-4H3/t16-,17+/m1/s1. The molecule has 1 N–H and O–H groups in total. The summed E-state index contributed by atoms with van der Waals surface area (Å²) in [5.74, 6) is 1.66. The monoisotopic (exact) mass is 256 g/mol. The number of aliphatic hydroxyl groups is 1. The molecule has 18 heavy (non-hydrogen) atoms. The minimum Gasteiger partial charge on any atom is -0.393 e. The van der Waals surface area contributed by atoms with Crippen molar-refractivity contribution < 1.29 is 5.11 Å². The molecule has 0 heterocycles. The van der Waals surface area contributed by atoms with Gasteiger partial charge in [-0.3, -0.25) is 0 Å². The maximum Gasteiger partial charge on any atom is 0.0540 e. The van der Waals surface area contributed by atoms with E-state index in [-0.39, 0.29) is 6.10 Å². The third-order valence-corrected chi connectivity index (χ3v) is 4.51. The molecule has 0 bridgehead atoms. The molecule has 0 amide bonds. The van der Waals surface area contributed by atoms with E-state index in [9.17, 15) is 5.11 Å². The van der Waals surface area contributed by atoms with Gasteiger partial charge in [-0.25, -0.2) is 0 Å². The molecule has 0 rings (SSSR count). The van der Waals surface area contributed by atoms with Crippen molar-refractivity contribution in [2.45, 2.75) is 98.0 Å². The quantitative estimate of drug-likeness (QED) is 0.484. The van der Waals surface area contributed by atoms with Gasteiger partial charge in [0, 0.05) is 0 Å². The maximum absolute atomic E-state index is 10.1. The Kier molecular flexibility index (Phi) is 12.0. The highest BCUT2D eigenvalue weighted by Crippen LogP contribution is 2.22. The van der Waals surface area contributed by atoms with E-state index in [0.717, 1.165) is 24.7 Å². The lowest BCUT2D eigenvalue weighted by molar-refractivity contribution is 0.133. The van der Waals surface area contributed by atoms with Crippen molar-refractivity contribution in [2.24, 2.45) is 11.8 Å². The van der Waals surface area contributed by atoms with Crippen LogP contribution in [0, 0.1) is 11.8 Å². The molecule has 1 heteroatoms. The fraction of sp³-hybridized carbons (Fsp3) is 1.00. The first-order chi connectivity index (χ1) is 8.67. The third-order valence-electron chi connectivity index (χ3n) is 4.51. The smallest absolute Gasteiger partial charge is 0.0540 e. The second-order valence-electron chi connectivity index (χ2n) is 5.91. The first kappa shape index (κ1) is 18.0. The Bertz CT molecular complexity index is 163. The molecule has 2 atom stereocenters. The number of unbranched alkanes of at least 4 members (excludes halogenated alkanes) is 1. The second-order valence-corrected chi connectivity index (χ2v) is 5.91. The Morgan fingerprint density at radius 1 is 0.667 bits per heavy atom. The van der Waals surface area contributed by atoms with E-state index in [2.05, 4.69) is 27.7 Å². The van der Waals surface area contributed by atoms with Gasteiger partial charge in [0.25, 0.3) is 0 Å². The van der Waals surface area contributed by atoms with Gasteiger partial charge in [-0.15, -0.1) is 0 Å². The van der Waals surface area contributed by atoms with Gasteiger partial charge >= 0.3 is 0 Å². The summed E-state index contributed by atoms with van der Waals surface area (Å²) in [4.78, 5) is 0. The summed E-state index contributed by atoms with van der Waals surface area (Å²) >= 11 is 0. The lowest BCUT2D eigenvalue weighted by Crippen LogP contribution is -2.12. The number of rotatable bonds is 12. The van der Waals surface area contributed by atoms with Gasteiger partial charge < -0.3 is 5.11 Å². The van der Waals surface area contributed by atoms with Crippen molar-refractivity contribution in [3.63, 3.8) is 0 Å². The summed E-state index contributed by atoms with van der Waals surface area (Å²) in [6.45, 7) is 9.07. The summed E-state index contributed by atoms with van der Waals surface area (Å²) in [7, 11) is 0. The highest BCUT2D eigenvalue weighted by atomic mass is 16.3. The first-order valence-electron chi connectivity index (χ1n) is 8.35. The van der Waals surface area contributed by atoms with Gasteiger partial charge in [-0.1, -0.05) is 66.2 Å². The normalized spacial score (nSPS) is 15.0. The Hall–Kier alpha value is -0.0400. The van der Waals surface area contributed by atoms with Crippen LogP contribution in [0.5, 0.6) is 0 Å². The van der Waals surface area contributed by atoms with Crippen LogP contribution >= 0.6 is 0 Å². The van der Waals surface area contributed by atoms with Crippen molar-refractivity contribution in [1.29, 1.82) is 0 Å². The molecule has 0 spiro atoms. The second kappa shape index (κ2) is 12.0. The van der Waals surface area contributed by atoms with Crippen LogP contribution in [0.1, 0.15) is 91.9 Å². The maximum atomic E-state index is 10.1. The molecule has 0 aliphatic rings. The predicted molar refractivity (Wildman–Crippen MR) is 81.9 cm³/mol. The molecule has 1 nitrogen and oxygen atoms in total. The molecule has 0 unspecified atom stereocenters. The van der Waals surface area contributed by atoms with Crippen LogP contribution in [-0.2, 0) is 0 Å². The lowest BCUT2D eigenvalue weighted by atomic mass is 9.90. The SMILES string of the molecule is CCCC[C@@H](CC)CC[C@@H](O)CCC(CC)CC. The molecular formula is C17H36O. The summed E-state index contributed by atoms with van der Waals surface area (Å²) in [5.41, 5.74) is 0. The number of hydrogen-bond donors (Lipinski definition) is 1. The third kappa shape index (κ3) is 8.97. The van der Waals surface area contributed by atoms with Crippen LogP contribution in [-0.4, -0.2) is 11.2 Å². The molecule has 0 aromatic rings. The summed E-state index contributed by atoms with van der Waals surface area (Å²) < 4.78 is 0. The minimum atomic E-state index is -0.0544. The van der Waals surface area contributed by atoms with Crippen LogP contribution in [0.25, 0.3) is 0 Å². The highest BCUT2D eigenvalue weighted by molar-refractivity contribution is 4.65. The van der Waals surface area contributed by atoms with E-state index in [0.29, 0.717) is 0 Å². The van der Waals surface area contributed by atoms with Crippen LogP contribution < -0.4 is 0 Å². The zero-order valence-electron chi connectivity index (χ0n) is 13.3. The van der Waals surface area contributed by atoms with Crippen molar-refractivity contribution in [1.82, 2.24) is 0 Å². The van der Waals surface area contributed by atoms with Crippen LogP contribution in [0.2, 0.25) is 0 Å². The molecule has 110 valence electrons. The molecule has 0 saturated heterocycles. The molecule has 0 saturated carbocycles. The van der Waals surface area contributed by atoms with E-state index < -0.39 is 0 Å². The highest BCUT2D eigenvalue weighted by Gasteiger charge is 2.12. The van der Waals surface area contributed by atoms with Crippen molar-refractivity contribution in [3.05, 3.63) is 0 Å². The molecule has 0 aliphatic carbocycles. The summed E-state index contributed by atoms with van der Waals surface area (Å²) in [5, 5.41) is 10.1. The van der Waals surface area contributed by atoms with Gasteiger partial charge in [0.15, 0.2) is 0 Å². The predicted octanol–water partition coefficient (Wildman–Crippen LogP) is 5.56. The van der Waals surface area contributed by atoms with Crippen LogP contribution in [0.3, 0.4) is 0 Å². The number of aliphatic hydroxyl groups excluding tert-OH is 1. The average molecular weight is 256 g/mol. The van der Waals surface area contributed by atoms with Crippen molar-refractivity contribution in [3.8, 4) is 0 Å². The van der Waals surface area contributed by atoms with Crippen LogP contribution in [0.4, 0.5) is 0 Å². The van der Waals surface area contributed by atoms with Crippen LogP contribution in [0.15, 0.2) is 0 Å². The average Bonchev–Trinajstić information content (AvgIpc) is 2.40. The van der Waals surface area contributed by atoms with E-state index >= 15 is 0 Å². The molecule has 0 aromatic carbocycles. The molecule has 0 aromatic heterocycles. The molecule has 0 aliphatic heterocycles. The Balaban J connectivity index is 3.69. The topological polar surface area (TPSA) is 20.2 Å². The zero-order chi connectivity index (χ0) is 13.8. The van der Waals surface area contributed by atoms with E-state index in [1.165, 1.54) is 51.4 Å². The molecule has 0 fully saturated rings. The van der Waals surface area contributed by atoms with Gasteiger partial charge in [0.1, 0.15) is 0 Å². The van der Waals surface area contributed by atoms with E-state index in [1.807, 2.05) is 0 Å². The van der Waals surface area contributed by atoms with Gasteiger partial charge in [-0.05, 0) is 37.5 Å². The Morgan fingerprint density at radius 2 is 1.17 bits per heavy atom. The fourth-order valence-electron chi connectivity index (χ4n) is 2.74. The largest absolute Gasteiger partial charge is 0.393 e. The van der Waals surface area contributed by atoms with Gasteiger partial charge in [0.2, 0.25) is 0 Å². The first-order valence-corrected chi connectivity index (χ1v) is 8.35. The van der Waals surface area contributed by atoms with E-state index in [4.69, 9.17) is 0 Å². The van der Waals surface area contributed by atoms with Gasteiger partial charge in [-0.2, -0.15) is 0 Å². The lowest BCUT2D eigenvalue weighted by Gasteiger charge is -2.19. The minimum absolute atomic E-state index is 0.0544. The van der Waals surface area contributed by atoms with Crippen molar-refractivity contribution >= 4 is 0 Å². The van der Waals surface area contributed by atoms with E-state index in [1.54, 1.807) is 0 Å². The zero-order valence-corrected chi connectivity index (χ0v) is 13.3. The van der Waals surface area contributed by atoms with Gasteiger partial charge in [0.05, 0.1) is 6.10 Å². The Morgan fingerprint density at radius 3 is 1.61 bits per heavy atom. The molecular weight excluding hydrogens is 220 g/mol. The fourth-order valence-corrected chi connectivity index (χ4v) is 2.74. The summed E-state index contributed by atoms with van der Waals surface area (Å²) in [6, 6.07) is 0. The van der Waals surface area contributed by atoms with Crippen molar-refractivity contribution in [2.75, 3.05) is 0 Å². The summed E-state index contributed by atoms with van der Waals surface area (Å²) in [6.07, 6.45) is 12.2.